The number of benzene rings is 1. The summed E-state index contributed by atoms with van der Waals surface area (Å²) in [4.78, 5) is 14.5. The summed E-state index contributed by atoms with van der Waals surface area (Å²) in [7, 11) is -4.40. The number of hydrogen-bond acceptors (Lipinski definition) is 3. The van der Waals surface area contributed by atoms with Gasteiger partial charge in [-0.15, -0.1) is 0 Å². The highest BCUT2D eigenvalue weighted by atomic mass is 79.9. The fraction of sp³-hybridized carbons (Fsp3) is 0.200. The molecule has 8 heteroatoms. The smallest absolute Gasteiger partial charge is 0.361 e. The fourth-order valence-electron chi connectivity index (χ4n) is 1.92. The first-order valence-corrected chi connectivity index (χ1v) is 7.15. The maximum atomic E-state index is 11.7. The second-order valence-corrected chi connectivity index (χ2v) is 6.33. The fourth-order valence-corrected chi connectivity index (χ4v) is 3.17. The van der Waals surface area contributed by atoms with Crippen LogP contribution in [0.2, 0.25) is 0 Å². The molecule has 0 bridgehead atoms. The van der Waals surface area contributed by atoms with Crippen molar-refractivity contribution in [3.05, 3.63) is 39.3 Å². The van der Waals surface area contributed by atoms with Gasteiger partial charge in [0.2, 0.25) is 5.78 Å². The highest BCUT2D eigenvalue weighted by Gasteiger charge is 2.41. The number of Topliss-reactive ketones (excluding diaryl/α,β-unsaturated/α-hetero) is 1. The molecule has 94 valence electrons. The maximum Gasteiger partial charge on any atom is 0.365 e. The molecule has 0 aliphatic heterocycles. The molecule has 0 saturated heterocycles. The van der Waals surface area contributed by atoms with Crippen LogP contribution in [-0.2, 0) is 14.9 Å². The van der Waals surface area contributed by atoms with Crippen LogP contribution in [0.15, 0.2) is 22.7 Å². The van der Waals surface area contributed by atoms with E-state index in [4.69, 9.17) is 10.1 Å². The summed E-state index contributed by atoms with van der Waals surface area (Å²) in [6.45, 7) is 0. The lowest BCUT2D eigenvalue weighted by atomic mass is 9.89. The van der Waals surface area contributed by atoms with Crippen molar-refractivity contribution >= 4 is 37.5 Å². The third kappa shape index (κ3) is 2.15. The van der Waals surface area contributed by atoms with E-state index in [9.17, 15) is 13.2 Å². The molecule has 0 radical (unpaired) electrons. The van der Waals surface area contributed by atoms with Gasteiger partial charge >= 0.3 is 5.71 Å². The van der Waals surface area contributed by atoms with E-state index in [1.54, 1.807) is 6.07 Å². The number of carbonyl (C=O) groups is 1. The first-order chi connectivity index (χ1) is 8.34. The van der Waals surface area contributed by atoms with Gasteiger partial charge in [0.1, 0.15) is 5.25 Å². The van der Waals surface area contributed by atoms with Crippen LogP contribution in [-0.4, -0.2) is 29.3 Å². The molecule has 1 atom stereocenters. The molecule has 1 N–H and O–H groups in total. The largest absolute Gasteiger partial charge is 0.365 e. The molecule has 0 saturated carbocycles. The van der Waals surface area contributed by atoms with Gasteiger partial charge in [-0.05, 0) is 23.8 Å². The summed E-state index contributed by atoms with van der Waals surface area (Å²) in [5, 5.41) is -1.33. The van der Waals surface area contributed by atoms with Gasteiger partial charge in [0, 0.05) is 10.9 Å². The second kappa shape index (κ2) is 4.40. The van der Waals surface area contributed by atoms with Crippen LogP contribution in [0.5, 0.6) is 0 Å². The third-order valence-electron chi connectivity index (χ3n) is 2.71. The van der Waals surface area contributed by atoms with Crippen molar-refractivity contribution in [3.63, 3.8) is 0 Å². The van der Waals surface area contributed by atoms with E-state index >= 15 is 0 Å². The number of carbonyl (C=O) groups excluding carboxylic acids is 1. The maximum absolute atomic E-state index is 11.7. The summed E-state index contributed by atoms with van der Waals surface area (Å²) in [6, 6.07) is 4.53. The SMILES string of the molecule is [N-]=[N+]=C1C(=O)CC(S(=O)(=O)O)c2cc(Br)ccc21. The Labute approximate surface area is 111 Å². The predicted molar refractivity (Wildman–Crippen MR) is 65.8 cm³/mol. The quantitative estimate of drug-likeness (QED) is 0.476. The average molecular weight is 331 g/mol. The Balaban J connectivity index is 2.77. The van der Waals surface area contributed by atoms with Gasteiger partial charge in [-0.3, -0.25) is 9.35 Å². The minimum Gasteiger partial charge on any atom is -0.361 e. The van der Waals surface area contributed by atoms with Crippen LogP contribution in [0.1, 0.15) is 22.8 Å². The van der Waals surface area contributed by atoms with Crippen LogP contribution in [0, 0.1) is 0 Å². The van der Waals surface area contributed by atoms with E-state index in [2.05, 4.69) is 20.7 Å². The number of ketones is 1. The average Bonchev–Trinajstić information content (AvgIpc) is 2.27. The summed E-state index contributed by atoms with van der Waals surface area (Å²) >= 11 is 3.18. The molecule has 1 aromatic rings. The zero-order chi connectivity index (χ0) is 13.5. The van der Waals surface area contributed by atoms with Crippen molar-refractivity contribution in [2.45, 2.75) is 11.7 Å². The van der Waals surface area contributed by atoms with E-state index in [0.29, 0.717) is 4.47 Å². The Hall–Kier alpha value is -1.34. The second-order valence-electron chi connectivity index (χ2n) is 3.81. The van der Waals surface area contributed by atoms with Gasteiger partial charge < -0.3 is 5.53 Å². The minimum absolute atomic E-state index is 0.197. The van der Waals surface area contributed by atoms with Crippen molar-refractivity contribution in [2.24, 2.45) is 0 Å². The van der Waals surface area contributed by atoms with Crippen LogP contribution < -0.4 is 0 Å². The molecular formula is C10H7BrN2O4S. The molecule has 1 unspecified atom stereocenters. The van der Waals surface area contributed by atoms with Crippen molar-refractivity contribution in [1.29, 1.82) is 0 Å². The zero-order valence-corrected chi connectivity index (χ0v) is 11.3. The van der Waals surface area contributed by atoms with Gasteiger partial charge in [0.15, 0.2) is 0 Å². The summed E-state index contributed by atoms with van der Waals surface area (Å²) in [5.74, 6) is -0.630. The van der Waals surface area contributed by atoms with Crippen LogP contribution in [0.25, 0.3) is 5.53 Å². The standard InChI is InChI=1S/C10H7BrN2O4S/c11-5-1-2-6-7(3-5)9(18(15,16)17)4-8(14)10(6)13-12/h1-3,9H,4H2,(H,15,16,17). The minimum atomic E-state index is -4.40. The molecule has 1 aliphatic rings. The van der Waals surface area contributed by atoms with E-state index in [1.165, 1.54) is 12.1 Å². The molecule has 0 aromatic heterocycles. The molecule has 18 heavy (non-hydrogen) atoms. The molecule has 6 nitrogen and oxygen atoms in total. The van der Waals surface area contributed by atoms with Gasteiger partial charge in [0.25, 0.3) is 10.1 Å². The summed E-state index contributed by atoms with van der Waals surface area (Å²) in [6.07, 6.45) is -0.443. The number of rotatable bonds is 1. The highest BCUT2D eigenvalue weighted by molar-refractivity contribution is 9.10. The van der Waals surface area contributed by atoms with Crippen LogP contribution >= 0.6 is 15.9 Å². The monoisotopic (exact) mass is 330 g/mol. The first kappa shape index (κ1) is 13.1. The highest BCUT2D eigenvalue weighted by Crippen LogP contribution is 2.35. The van der Waals surface area contributed by atoms with Gasteiger partial charge in [0.05, 0.1) is 5.56 Å². The Morgan fingerprint density at radius 2 is 2.11 bits per heavy atom. The normalized spacial score (nSPS) is 19.3. The van der Waals surface area contributed by atoms with Crippen LogP contribution in [0.3, 0.4) is 0 Å². The molecule has 0 heterocycles. The Morgan fingerprint density at radius 3 is 2.67 bits per heavy atom. The van der Waals surface area contributed by atoms with Gasteiger partial charge in [-0.1, -0.05) is 15.9 Å². The van der Waals surface area contributed by atoms with Crippen molar-refractivity contribution in [1.82, 2.24) is 0 Å². The summed E-state index contributed by atoms with van der Waals surface area (Å²) < 4.78 is 32.3. The molecule has 1 aromatic carbocycles. The van der Waals surface area contributed by atoms with E-state index in [1.807, 2.05) is 0 Å². The van der Waals surface area contributed by atoms with Crippen LogP contribution in [0.4, 0.5) is 0 Å². The van der Waals surface area contributed by atoms with E-state index < -0.39 is 27.6 Å². The molecule has 0 spiro atoms. The van der Waals surface area contributed by atoms with Crippen molar-refractivity contribution in [3.8, 4) is 0 Å². The number of fused-ring (bicyclic) bond motifs is 1. The number of hydrogen-bond donors (Lipinski definition) is 1. The topological polar surface area (TPSA) is 108 Å². The Bertz CT molecular complexity index is 692. The predicted octanol–water partition coefficient (Wildman–Crippen LogP) is 1.37. The number of nitrogens with zero attached hydrogens (tertiary/aromatic N) is 2. The summed E-state index contributed by atoms with van der Waals surface area (Å²) in [5.41, 5.74) is 9.06. The van der Waals surface area contributed by atoms with E-state index in [0.717, 1.165) is 0 Å². The zero-order valence-electron chi connectivity index (χ0n) is 8.87. The third-order valence-corrected chi connectivity index (χ3v) is 4.34. The lowest BCUT2D eigenvalue weighted by Gasteiger charge is -2.19. The Morgan fingerprint density at radius 1 is 1.44 bits per heavy atom. The molecule has 0 amide bonds. The lowest BCUT2D eigenvalue weighted by molar-refractivity contribution is -0.117. The molecule has 0 fully saturated rings. The lowest BCUT2D eigenvalue weighted by Crippen LogP contribution is -2.30. The van der Waals surface area contributed by atoms with E-state index in [-0.39, 0.29) is 16.8 Å². The molecule has 1 aliphatic carbocycles. The van der Waals surface area contributed by atoms with Gasteiger partial charge in [-0.2, -0.15) is 13.2 Å². The molecular weight excluding hydrogens is 324 g/mol. The van der Waals surface area contributed by atoms with Gasteiger partial charge in [-0.25, -0.2) is 0 Å². The van der Waals surface area contributed by atoms with Crippen molar-refractivity contribution in [2.75, 3.05) is 0 Å². The van der Waals surface area contributed by atoms with Crippen molar-refractivity contribution < 1.29 is 22.6 Å². The number of halogens is 1. The first-order valence-electron chi connectivity index (χ1n) is 4.86. The molecule has 2 rings (SSSR count). The Kier molecular flexibility index (Phi) is 3.20.